The number of ether oxygens (including phenoxy) is 1. The predicted octanol–water partition coefficient (Wildman–Crippen LogP) is 5.85. The Balaban J connectivity index is 1.42. The second-order valence-corrected chi connectivity index (χ2v) is 8.03. The lowest BCUT2D eigenvalue weighted by Crippen LogP contribution is -2.30. The minimum Gasteiger partial charge on any atom is -0.483 e. The van der Waals surface area contributed by atoms with Gasteiger partial charge in [-0.1, -0.05) is 68.4 Å². The summed E-state index contributed by atoms with van der Waals surface area (Å²) >= 11 is 3.58. The third-order valence-corrected chi connectivity index (χ3v) is 5.62. The number of hydrogen-bond donors (Lipinski definition) is 1. The van der Waals surface area contributed by atoms with Gasteiger partial charge in [0.25, 0.3) is 5.91 Å². The molecule has 0 aliphatic heterocycles. The Labute approximate surface area is 175 Å². The Morgan fingerprint density at radius 3 is 2.54 bits per heavy atom. The molecule has 0 saturated carbocycles. The fourth-order valence-corrected chi connectivity index (χ4v) is 3.72. The van der Waals surface area contributed by atoms with Gasteiger partial charge in [-0.25, -0.2) is 0 Å². The molecular weight excluding hydrogens is 414 g/mol. The van der Waals surface area contributed by atoms with E-state index >= 15 is 0 Å². The first kappa shape index (κ1) is 20.4. The van der Waals surface area contributed by atoms with E-state index in [4.69, 9.17) is 4.74 Å². The maximum absolute atomic E-state index is 12.1. The molecule has 0 aromatic heterocycles. The number of carbonyl (C=O) groups is 1. The average Bonchev–Trinajstić information content (AvgIpc) is 2.71. The smallest absolute Gasteiger partial charge is 0.257 e. The molecule has 3 aromatic rings. The van der Waals surface area contributed by atoms with Gasteiger partial charge in [0.15, 0.2) is 6.61 Å². The SMILES string of the molecule is CC(C)c1ccc(CCCNC(=O)COc2ccc3ccccc3c2Br)cc1. The number of nitrogens with one attached hydrogen (secondary N) is 1. The monoisotopic (exact) mass is 439 g/mol. The third kappa shape index (κ3) is 5.35. The largest absolute Gasteiger partial charge is 0.483 e. The molecule has 0 aliphatic rings. The Hall–Kier alpha value is -2.33. The number of amides is 1. The van der Waals surface area contributed by atoms with Crippen molar-refractivity contribution in [1.29, 1.82) is 0 Å². The van der Waals surface area contributed by atoms with Crippen LogP contribution in [0.4, 0.5) is 0 Å². The number of benzene rings is 3. The normalized spacial score (nSPS) is 11.0. The molecule has 0 aliphatic carbocycles. The van der Waals surface area contributed by atoms with Crippen LogP contribution in [0.3, 0.4) is 0 Å². The summed E-state index contributed by atoms with van der Waals surface area (Å²) < 4.78 is 6.58. The summed E-state index contributed by atoms with van der Waals surface area (Å²) in [6.45, 7) is 5.05. The van der Waals surface area contributed by atoms with E-state index < -0.39 is 0 Å². The molecule has 3 nitrogen and oxygen atoms in total. The van der Waals surface area contributed by atoms with Gasteiger partial charge in [-0.15, -0.1) is 0 Å². The molecule has 4 heteroatoms. The van der Waals surface area contributed by atoms with Gasteiger partial charge in [0.2, 0.25) is 0 Å². The number of carbonyl (C=O) groups excluding carboxylic acids is 1. The fraction of sp³-hybridized carbons (Fsp3) is 0.292. The molecule has 146 valence electrons. The predicted molar refractivity (Wildman–Crippen MR) is 119 cm³/mol. The number of aryl methyl sites for hydroxylation is 1. The van der Waals surface area contributed by atoms with Crippen molar-refractivity contribution >= 4 is 32.6 Å². The van der Waals surface area contributed by atoms with Crippen LogP contribution in [0.1, 0.15) is 37.3 Å². The van der Waals surface area contributed by atoms with Crippen molar-refractivity contribution in [3.8, 4) is 5.75 Å². The lowest BCUT2D eigenvalue weighted by molar-refractivity contribution is -0.123. The summed E-state index contributed by atoms with van der Waals surface area (Å²) in [5.74, 6) is 1.13. The Morgan fingerprint density at radius 2 is 1.79 bits per heavy atom. The molecule has 0 unspecified atom stereocenters. The lowest BCUT2D eigenvalue weighted by atomic mass is 10.0. The zero-order valence-corrected chi connectivity index (χ0v) is 18.0. The standard InChI is InChI=1S/C24H26BrNO2/c1-17(2)19-11-9-18(10-12-19)6-5-15-26-23(27)16-28-22-14-13-20-7-3-4-8-21(20)24(22)25/h3-4,7-14,17H,5-6,15-16H2,1-2H3,(H,26,27). The van der Waals surface area contributed by atoms with Gasteiger partial charge < -0.3 is 10.1 Å². The molecule has 1 amide bonds. The molecule has 0 bridgehead atoms. The van der Waals surface area contributed by atoms with E-state index in [0.29, 0.717) is 18.2 Å². The molecule has 0 spiro atoms. The highest BCUT2D eigenvalue weighted by Gasteiger charge is 2.08. The van der Waals surface area contributed by atoms with Crippen LogP contribution in [0.2, 0.25) is 0 Å². The Bertz CT molecular complexity index is 935. The van der Waals surface area contributed by atoms with E-state index in [-0.39, 0.29) is 12.5 Å². The topological polar surface area (TPSA) is 38.3 Å². The van der Waals surface area contributed by atoms with E-state index in [1.54, 1.807) is 0 Å². The van der Waals surface area contributed by atoms with Crippen molar-refractivity contribution in [2.45, 2.75) is 32.6 Å². The van der Waals surface area contributed by atoms with Crippen LogP contribution in [-0.2, 0) is 11.2 Å². The number of fused-ring (bicyclic) bond motifs is 1. The van der Waals surface area contributed by atoms with Crippen molar-refractivity contribution in [2.75, 3.05) is 13.2 Å². The quantitative estimate of drug-likeness (QED) is 0.446. The van der Waals surface area contributed by atoms with Crippen molar-refractivity contribution < 1.29 is 9.53 Å². The summed E-state index contributed by atoms with van der Waals surface area (Å²) in [5, 5.41) is 5.14. The van der Waals surface area contributed by atoms with Gasteiger partial charge in [-0.2, -0.15) is 0 Å². The van der Waals surface area contributed by atoms with E-state index in [0.717, 1.165) is 28.1 Å². The van der Waals surface area contributed by atoms with Gasteiger partial charge in [0, 0.05) is 6.54 Å². The third-order valence-electron chi connectivity index (χ3n) is 4.80. The maximum atomic E-state index is 12.1. The second kappa shape index (κ2) is 9.74. The first-order chi connectivity index (χ1) is 13.5. The highest BCUT2D eigenvalue weighted by Crippen LogP contribution is 2.32. The molecule has 0 heterocycles. The van der Waals surface area contributed by atoms with Crippen LogP contribution in [0.25, 0.3) is 10.8 Å². The van der Waals surface area contributed by atoms with Crippen LogP contribution >= 0.6 is 15.9 Å². The number of rotatable bonds is 8. The zero-order valence-electron chi connectivity index (χ0n) is 16.4. The van der Waals surface area contributed by atoms with Crippen molar-refractivity contribution in [1.82, 2.24) is 5.32 Å². The van der Waals surface area contributed by atoms with Crippen LogP contribution < -0.4 is 10.1 Å². The highest BCUT2D eigenvalue weighted by molar-refractivity contribution is 9.10. The first-order valence-corrected chi connectivity index (χ1v) is 10.5. The second-order valence-electron chi connectivity index (χ2n) is 7.24. The molecular formula is C24H26BrNO2. The van der Waals surface area contributed by atoms with Crippen LogP contribution in [0, 0.1) is 0 Å². The van der Waals surface area contributed by atoms with E-state index in [2.05, 4.69) is 59.4 Å². The molecule has 0 saturated heterocycles. The fourth-order valence-electron chi connectivity index (χ4n) is 3.11. The van der Waals surface area contributed by atoms with Crippen molar-refractivity contribution in [3.63, 3.8) is 0 Å². The minimum absolute atomic E-state index is 0.0139. The van der Waals surface area contributed by atoms with Crippen molar-refractivity contribution in [2.24, 2.45) is 0 Å². The van der Waals surface area contributed by atoms with Crippen LogP contribution in [0.5, 0.6) is 5.75 Å². The van der Waals surface area contributed by atoms with Crippen LogP contribution in [-0.4, -0.2) is 19.1 Å². The maximum Gasteiger partial charge on any atom is 0.257 e. The highest BCUT2D eigenvalue weighted by atomic mass is 79.9. The summed E-state index contributed by atoms with van der Waals surface area (Å²) in [4.78, 5) is 12.1. The van der Waals surface area contributed by atoms with E-state index in [9.17, 15) is 4.79 Å². The van der Waals surface area contributed by atoms with Crippen molar-refractivity contribution in [3.05, 3.63) is 76.3 Å². The Kier molecular flexibility index (Phi) is 7.10. The summed E-state index contributed by atoms with van der Waals surface area (Å²) in [6, 6.07) is 20.7. The molecule has 0 fully saturated rings. The van der Waals surface area contributed by atoms with Gasteiger partial charge in [0.05, 0.1) is 4.47 Å². The molecule has 28 heavy (non-hydrogen) atoms. The van der Waals surface area contributed by atoms with Gasteiger partial charge in [0.1, 0.15) is 5.75 Å². The van der Waals surface area contributed by atoms with Gasteiger partial charge in [-0.05, 0) is 62.7 Å². The molecule has 3 rings (SSSR count). The lowest BCUT2D eigenvalue weighted by Gasteiger charge is -2.11. The Morgan fingerprint density at radius 1 is 1.04 bits per heavy atom. The van der Waals surface area contributed by atoms with Gasteiger partial charge in [-0.3, -0.25) is 4.79 Å². The van der Waals surface area contributed by atoms with E-state index in [1.165, 1.54) is 11.1 Å². The average molecular weight is 440 g/mol. The zero-order chi connectivity index (χ0) is 19.9. The molecule has 0 radical (unpaired) electrons. The summed E-state index contributed by atoms with van der Waals surface area (Å²) in [6.07, 6.45) is 1.86. The molecule has 3 aromatic carbocycles. The summed E-state index contributed by atoms with van der Waals surface area (Å²) in [5.41, 5.74) is 2.66. The van der Waals surface area contributed by atoms with E-state index in [1.807, 2.05) is 36.4 Å². The minimum atomic E-state index is -0.102. The van der Waals surface area contributed by atoms with Gasteiger partial charge >= 0.3 is 0 Å². The first-order valence-electron chi connectivity index (χ1n) is 9.70. The van der Waals surface area contributed by atoms with Crippen LogP contribution in [0.15, 0.2) is 65.1 Å². The summed E-state index contributed by atoms with van der Waals surface area (Å²) in [7, 11) is 0. The number of hydrogen-bond acceptors (Lipinski definition) is 2. The molecule has 0 atom stereocenters. The number of halogens is 1. The molecule has 1 N–H and O–H groups in total.